The van der Waals surface area contributed by atoms with Gasteiger partial charge in [-0.3, -0.25) is 0 Å². The fourth-order valence-corrected chi connectivity index (χ4v) is 1.45. The van der Waals surface area contributed by atoms with Crippen molar-refractivity contribution in [2.75, 3.05) is 0 Å². The molecule has 98 valence electrons. The molecule has 5 heteroatoms. The molecule has 0 aliphatic heterocycles. The number of carbonyl (C=O) groups excluding carboxylic acids is 1. The Bertz CT molecular complexity index is 391. The number of amides is 1. The fraction of sp³-hybridized carbons (Fsp3) is 0.385. The van der Waals surface area contributed by atoms with Crippen LogP contribution in [0.4, 0.5) is 4.79 Å². The normalized spacial score (nSPS) is 11.6. The quantitative estimate of drug-likeness (QED) is 0.812. The molecule has 0 heterocycles. The Kier molecular flexibility index (Phi) is 5.70. The average Bonchev–Trinajstić information content (AvgIpc) is 2.37. The number of nitrogens with one attached hydrogen (secondary N) is 1. The molecule has 1 aromatic carbocycles. The van der Waals surface area contributed by atoms with E-state index in [1.165, 1.54) is 0 Å². The Morgan fingerprint density at radius 3 is 2.56 bits per heavy atom. The van der Waals surface area contributed by atoms with Gasteiger partial charge < -0.3 is 15.2 Å². The molecule has 1 rings (SSSR count). The molecule has 18 heavy (non-hydrogen) atoms. The molecule has 0 spiro atoms. The first-order valence-electron chi connectivity index (χ1n) is 5.83. The van der Waals surface area contributed by atoms with Crippen molar-refractivity contribution >= 4 is 12.1 Å². The van der Waals surface area contributed by atoms with Gasteiger partial charge in [0.1, 0.15) is 12.6 Å². The first-order chi connectivity index (χ1) is 8.63. The second-order valence-electron chi connectivity index (χ2n) is 3.89. The summed E-state index contributed by atoms with van der Waals surface area (Å²) in [7, 11) is 0. The van der Waals surface area contributed by atoms with E-state index in [9.17, 15) is 9.59 Å². The monoisotopic (exact) mass is 251 g/mol. The number of carboxylic acid groups (broad SMARTS) is 1. The minimum Gasteiger partial charge on any atom is -0.480 e. The van der Waals surface area contributed by atoms with Crippen molar-refractivity contribution < 1.29 is 19.4 Å². The van der Waals surface area contributed by atoms with Crippen molar-refractivity contribution in [3.63, 3.8) is 0 Å². The summed E-state index contributed by atoms with van der Waals surface area (Å²) in [4.78, 5) is 22.2. The lowest BCUT2D eigenvalue weighted by Crippen LogP contribution is -2.40. The molecular formula is C13H17NO4. The Morgan fingerprint density at radius 1 is 1.33 bits per heavy atom. The molecule has 5 nitrogen and oxygen atoms in total. The highest BCUT2D eigenvalue weighted by atomic mass is 16.5. The SMILES string of the molecule is CCC[C@@H](NC(=O)OCc1ccccc1)C(=O)O. The molecule has 0 fully saturated rings. The van der Waals surface area contributed by atoms with E-state index in [1.54, 1.807) is 0 Å². The van der Waals surface area contributed by atoms with Crippen LogP contribution in [0.2, 0.25) is 0 Å². The van der Waals surface area contributed by atoms with E-state index in [0.29, 0.717) is 12.8 Å². The second-order valence-corrected chi connectivity index (χ2v) is 3.89. The third-order valence-electron chi connectivity index (χ3n) is 2.38. The zero-order valence-electron chi connectivity index (χ0n) is 10.3. The number of aliphatic carboxylic acids is 1. The van der Waals surface area contributed by atoms with Gasteiger partial charge in [-0.25, -0.2) is 9.59 Å². The van der Waals surface area contributed by atoms with Crippen LogP contribution in [0.1, 0.15) is 25.3 Å². The van der Waals surface area contributed by atoms with Gasteiger partial charge in [-0.2, -0.15) is 0 Å². The maximum atomic E-state index is 11.4. The zero-order chi connectivity index (χ0) is 13.4. The molecule has 2 N–H and O–H groups in total. The van der Waals surface area contributed by atoms with E-state index in [-0.39, 0.29) is 6.61 Å². The average molecular weight is 251 g/mol. The third kappa shape index (κ3) is 4.86. The Labute approximate surface area is 106 Å². The predicted molar refractivity (Wildman–Crippen MR) is 66.1 cm³/mol. The van der Waals surface area contributed by atoms with Gasteiger partial charge in [0.15, 0.2) is 0 Å². The van der Waals surface area contributed by atoms with Gasteiger partial charge in [-0.05, 0) is 12.0 Å². The largest absolute Gasteiger partial charge is 0.480 e. The van der Waals surface area contributed by atoms with Gasteiger partial charge in [0.05, 0.1) is 0 Å². The molecule has 0 aliphatic carbocycles. The number of carboxylic acids is 1. The molecule has 0 unspecified atom stereocenters. The number of carbonyl (C=O) groups is 2. The van der Waals surface area contributed by atoms with E-state index in [2.05, 4.69) is 5.32 Å². The summed E-state index contributed by atoms with van der Waals surface area (Å²) >= 11 is 0. The Hall–Kier alpha value is -2.04. The summed E-state index contributed by atoms with van der Waals surface area (Å²) in [6.45, 7) is 1.98. The molecule has 0 saturated carbocycles. The number of hydrogen-bond donors (Lipinski definition) is 2. The molecule has 1 atom stereocenters. The van der Waals surface area contributed by atoms with Crippen molar-refractivity contribution in [2.24, 2.45) is 0 Å². The molecule has 0 aromatic heterocycles. The summed E-state index contributed by atoms with van der Waals surface area (Å²) in [6, 6.07) is 8.31. The van der Waals surface area contributed by atoms with Crippen LogP contribution in [-0.2, 0) is 16.1 Å². The van der Waals surface area contributed by atoms with E-state index in [1.807, 2.05) is 37.3 Å². The molecule has 1 aromatic rings. The number of rotatable bonds is 6. The maximum Gasteiger partial charge on any atom is 0.408 e. The summed E-state index contributed by atoms with van der Waals surface area (Å²) in [5, 5.41) is 11.2. The standard InChI is InChI=1S/C13H17NO4/c1-2-6-11(12(15)16)14-13(17)18-9-10-7-4-3-5-8-10/h3-5,7-8,11H,2,6,9H2,1H3,(H,14,17)(H,15,16)/t11-/m1/s1. The lowest BCUT2D eigenvalue weighted by molar-refractivity contribution is -0.139. The topological polar surface area (TPSA) is 75.6 Å². The third-order valence-corrected chi connectivity index (χ3v) is 2.38. The van der Waals surface area contributed by atoms with Crippen LogP contribution >= 0.6 is 0 Å². The van der Waals surface area contributed by atoms with E-state index in [0.717, 1.165) is 5.56 Å². The van der Waals surface area contributed by atoms with Gasteiger partial charge in [-0.15, -0.1) is 0 Å². The first-order valence-corrected chi connectivity index (χ1v) is 5.83. The van der Waals surface area contributed by atoms with Crippen LogP contribution in [0, 0.1) is 0 Å². The summed E-state index contributed by atoms with van der Waals surface area (Å²) < 4.78 is 4.94. The minimum atomic E-state index is -1.05. The summed E-state index contributed by atoms with van der Waals surface area (Å²) in [6.07, 6.45) is 0.353. The number of benzene rings is 1. The van der Waals surface area contributed by atoms with Gasteiger partial charge in [0.25, 0.3) is 0 Å². The van der Waals surface area contributed by atoms with Crippen LogP contribution in [0.5, 0.6) is 0 Å². The van der Waals surface area contributed by atoms with Crippen LogP contribution in [0.15, 0.2) is 30.3 Å². The Morgan fingerprint density at radius 2 is 2.00 bits per heavy atom. The number of hydrogen-bond acceptors (Lipinski definition) is 3. The second kappa shape index (κ2) is 7.32. The Balaban J connectivity index is 2.39. The van der Waals surface area contributed by atoms with Crippen molar-refractivity contribution in [3.8, 4) is 0 Å². The van der Waals surface area contributed by atoms with E-state index in [4.69, 9.17) is 9.84 Å². The van der Waals surface area contributed by atoms with Crippen LogP contribution in [0.25, 0.3) is 0 Å². The van der Waals surface area contributed by atoms with Gasteiger partial charge >= 0.3 is 12.1 Å². The van der Waals surface area contributed by atoms with Crippen molar-refractivity contribution in [3.05, 3.63) is 35.9 Å². The maximum absolute atomic E-state index is 11.4. The minimum absolute atomic E-state index is 0.130. The molecule has 0 radical (unpaired) electrons. The first kappa shape index (κ1) is 14.0. The fourth-order valence-electron chi connectivity index (χ4n) is 1.45. The van der Waals surface area contributed by atoms with Crippen molar-refractivity contribution in [2.45, 2.75) is 32.4 Å². The summed E-state index contributed by atoms with van der Waals surface area (Å²) in [5.41, 5.74) is 0.856. The van der Waals surface area contributed by atoms with Crippen LogP contribution < -0.4 is 5.32 Å². The van der Waals surface area contributed by atoms with Crippen molar-refractivity contribution in [1.29, 1.82) is 0 Å². The smallest absolute Gasteiger partial charge is 0.408 e. The summed E-state index contributed by atoms with van der Waals surface area (Å²) in [5.74, 6) is -1.05. The highest BCUT2D eigenvalue weighted by molar-refractivity contribution is 5.79. The zero-order valence-corrected chi connectivity index (χ0v) is 10.3. The number of ether oxygens (including phenoxy) is 1. The van der Waals surface area contributed by atoms with Gasteiger partial charge in [-0.1, -0.05) is 43.7 Å². The van der Waals surface area contributed by atoms with Crippen molar-refractivity contribution in [1.82, 2.24) is 5.32 Å². The molecular weight excluding hydrogens is 234 g/mol. The lowest BCUT2D eigenvalue weighted by atomic mass is 10.2. The lowest BCUT2D eigenvalue weighted by Gasteiger charge is -2.13. The molecule has 0 saturated heterocycles. The van der Waals surface area contributed by atoms with Crippen LogP contribution in [0.3, 0.4) is 0 Å². The van der Waals surface area contributed by atoms with Gasteiger partial charge in [0, 0.05) is 0 Å². The van der Waals surface area contributed by atoms with Gasteiger partial charge in [0.2, 0.25) is 0 Å². The van der Waals surface area contributed by atoms with E-state index < -0.39 is 18.1 Å². The predicted octanol–water partition coefficient (Wildman–Crippen LogP) is 2.17. The molecule has 0 aliphatic rings. The highest BCUT2D eigenvalue weighted by Gasteiger charge is 2.19. The van der Waals surface area contributed by atoms with Crippen LogP contribution in [-0.4, -0.2) is 23.2 Å². The molecule has 0 bridgehead atoms. The number of alkyl carbamates (subject to hydrolysis) is 1. The molecule has 1 amide bonds. The van der Waals surface area contributed by atoms with E-state index >= 15 is 0 Å². The highest BCUT2D eigenvalue weighted by Crippen LogP contribution is 2.02.